The molecule has 0 aromatic heterocycles. The smallest absolute Gasteiger partial charge is 0.159 e. The maximum Gasteiger partial charge on any atom is 0.159 e. The van der Waals surface area contributed by atoms with E-state index in [2.05, 4.69) is 0 Å². The summed E-state index contributed by atoms with van der Waals surface area (Å²) in [6.45, 7) is 2.85. The monoisotopic (exact) mass is 284 g/mol. The highest BCUT2D eigenvalue weighted by molar-refractivity contribution is 6.05. The van der Waals surface area contributed by atoms with E-state index in [0.29, 0.717) is 12.0 Å². The number of ketones is 3. The van der Waals surface area contributed by atoms with Crippen molar-refractivity contribution in [1.29, 1.82) is 0 Å². The minimum atomic E-state index is -0.777. The van der Waals surface area contributed by atoms with Crippen LogP contribution in [0.1, 0.15) is 44.6 Å². The van der Waals surface area contributed by atoms with Gasteiger partial charge in [0.2, 0.25) is 0 Å². The number of benzene rings is 1. The molecule has 1 aliphatic rings. The fourth-order valence-corrected chi connectivity index (χ4v) is 3.05. The van der Waals surface area contributed by atoms with Crippen molar-refractivity contribution in [1.82, 2.24) is 0 Å². The van der Waals surface area contributed by atoms with Gasteiger partial charge < -0.3 is 0 Å². The zero-order valence-electron chi connectivity index (χ0n) is 12.5. The summed E-state index contributed by atoms with van der Waals surface area (Å²) in [4.78, 5) is 36.2. The number of Topliss-reactive ketones (excluding diaryl/α,β-unsaturated/α-hetero) is 3. The largest absolute Gasteiger partial charge is 0.299 e. The van der Waals surface area contributed by atoms with Gasteiger partial charge in [-0.15, -0.1) is 0 Å². The maximum atomic E-state index is 12.3. The van der Waals surface area contributed by atoms with Crippen LogP contribution in [0.25, 0.3) is 0 Å². The summed E-state index contributed by atoms with van der Waals surface area (Å²) in [6.07, 6.45) is 4.07. The lowest BCUT2D eigenvalue weighted by molar-refractivity contribution is -0.131. The summed E-state index contributed by atoms with van der Waals surface area (Å²) in [5.41, 5.74) is 1.48. The summed E-state index contributed by atoms with van der Waals surface area (Å²) in [5, 5.41) is 0. The quantitative estimate of drug-likeness (QED) is 0.780. The number of hydrogen-bond acceptors (Lipinski definition) is 3. The molecule has 0 saturated carbocycles. The predicted octanol–water partition coefficient (Wildman–Crippen LogP) is 3.24. The summed E-state index contributed by atoms with van der Waals surface area (Å²) in [6, 6.07) is 9.38. The van der Waals surface area contributed by atoms with Crippen molar-refractivity contribution in [3.8, 4) is 0 Å². The van der Waals surface area contributed by atoms with Crippen LogP contribution in [0.3, 0.4) is 0 Å². The van der Waals surface area contributed by atoms with E-state index in [-0.39, 0.29) is 17.3 Å². The molecule has 3 heteroatoms. The third-order valence-corrected chi connectivity index (χ3v) is 4.00. The predicted molar refractivity (Wildman–Crippen MR) is 81.0 cm³/mol. The first kappa shape index (κ1) is 15.4. The molecular formula is C18H20O3. The average Bonchev–Trinajstić information content (AvgIpc) is 2.45. The molecule has 0 spiro atoms. The number of carbonyl (C=O) groups is 3. The highest BCUT2D eigenvalue weighted by atomic mass is 16.2. The van der Waals surface area contributed by atoms with Crippen LogP contribution in [0.4, 0.5) is 0 Å². The van der Waals surface area contributed by atoms with E-state index in [4.69, 9.17) is 0 Å². The second kappa shape index (κ2) is 6.61. The normalized spacial score (nSPS) is 16.5. The molecule has 0 amide bonds. The highest BCUT2D eigenvalue weighted by Gasteiger charge is 2.36. The van der Waals surface area contributed by atoms with Crippen LogP contribution in [-0.2, 0) is 14.4 Å². The van der Waals surface area contributed by atoms with Crippen molar-refractivity contribution >= 4 is 17.3 Å². The Balaban J connectivity index is 2.54. The third kappa shape index (κ3) is 3.35. The first-order valence-corrected chi connectivity index (χ1v) is 7.31. The molecule has 110 valence electrons. The van der Waals surface area contributed by atoms with Gasteiger partial charge in [-0.25, -0.2) is 0 Å². The molecule has 0 bridgehead atoms. The van der Waals surface area contributed by atoms with Crippen molar-refractivity contribution in [2.75, 3.05) is 0 Å². The zero-order valence-corrected chi connectivity index (χ0v) is 12.5. The fraction of sp³-hybridized carbons (Fsp3) is 0.389. The number of hydrogen-bond donors (Lipinski definition) is 0. The molecule has 0 heterocycles. The molecule has 0 fully saturated rings. The number of rotatable bonds is 5. The van der Waals surface area contributed by atoms with Gasteiger partial charge in [0.1, 0.15) is 11.6 Å². The minimum absolute atomic E-state index is 0.0580. The molecule has 21 heavy (non-hydrogen) atoms. The van der Waals surface area contributed by atoms with Crippen molar-refractivity contribution < 1.29 is 14.4 Å². The van der Waals surface area contributed by atoms with Crippen LogP contribution < -0.4 is 0 Å². The lowest BCUT2D eigenvalue weighted by Crippen LogP contribution is -2.31. The molecule has 0 radical (unpaired) electrons. The SMILES string of the molecule is CC(=O)C(C(C)=O)C(C1=CCCCC1=O)c1ccccc1. The molecule has 0 saturated heterocycles. The van der Waals surface area contributed by atoms with E-state index < -0.39 is 11.8 Å². The van der Waals surface area contributed by atoms with Gasteiger partial charge in [0.05, 0.1) is 5.92 Å². The standard InChI is InChI=1S/C18H20O3/c1-12(19)17(13(2)20)18(14-8-4-3-5-9-14)15-10-6-7-11-16(15)21/h3-5,8-10,17-18H,6-7,11H2,1-2H3. The van der Waals surface area contributed by atoms with Gasteiger partial charge in [-0.3, -0.25) is 14.4 Å². The van der Waals surface area contributed by atoms with Crippen molar-refractivity contribution in [3.63, 3.8) is 0 Å². The molecule has 2 rings (SSSR count). The second-order valence-corrected chi connectivity index (χ2v) is 5.56. The van der Waals surface area contributed by atoms with Crippen LogP contribution >= 0.6 is 0 Å². The Morgan fingerprint density at radius 1 is 1.05 bits per heavy atom. The topological polar surface area (TPSA) is 51.2 Å². The van der Waals surface area contributed by atoms with E-state index in [1.165, 1.54) is 13.8 Å². The van der Waals surface area contributed by atoms with Crippen LogP contribution in [0, 0.1) is 5.92 Å². The molecule has 1 aromatic carbocycles. The summed E-state index contributed by atoms with van der Waals surface area (Å²) in [7, 11) is 0. The first-order valence-electron chi connectivity index (χ1n) is 7.31. The van der Waals surface area contributed by atoms with E-state index >= 15 is 0 Å². The van der Waals surface area contributed by atoms with Gasteiger partial charge in [0.25, 0.3) is 0 Å². The van der Waals surface area contributed by atoms with Crippen molar-refractivity contribution in [2.24, 2.45) is 5.92 Å². The van der Waals surface area contributed by atoms with E-state index in [9.17, 15) is 14.4 Å². The summed E-state index contributed by atoms with van der Waals surface area (Å²) in [5.74, 6) is -1.54. The zero-order chi connectivity index (χ0) is 15.4. The van der Waals surface area contributed by atoms with Gasteiger partial charge in [0, 0.05) is 12.3 Å². The highest BCUT2D eigenvalue weighted by Crippen LogP contribution is 2.36. The molecular weight excluding hydrogens is 264 g/mol. The number of carbonyl (C=O) groups excluding carboxylic acids is 3. The third-order valence-electron chi connectivity index (χ3n) is 4.00. The maximum absolute atomic E-state index is 12.3. The molecule has 1 aromatic rings. The Kier molecular flexibility index (Phi) is 4.84. The fourth-order valence-electron chi connectivity index (χ4n) is 3.05. The summed E-state index contributed by atoms with van der Waals surface area (Å²) >= 11 is 0. The van der Waals surface area contributed by atoms with Gasteiger partial charge in [0.15, 0.2) is 5.78 Å². The van der Waals surface area contributed by atoms with Crippen molar-refractivity contribution in [3.05, 3.63) is 47.5 Å². The van der Waals surface area contributed by atoms with Gasteiger partial charge in [-0.05, 0) is 37.8 Å². The number of allylic oxidation sites excluding steroid dienone is 2. The Labute approximate surface area is 125 Å². The Morgan fingerprint density at radius 3 is 2.19 bits per heavy atom. The molecule has 1 unspecified atom stereocenters. The van der Waals surface area contributed by atoms with E-state index in [0.717, 1.165) is 18.4 Å². The first-order chi connectivity index (χ1) is 10.0. The molecule has 0 N–H and O–H groups in total. The molecule has 1 atom stereocenters. The Hall–Kier alpha value is -2.03. The molecule has 3 nitrogen and oxygen atoms in total. The van der Waals surface area contributed by atoms with Gasteiger partial charge in [-0.1, -0.05) is 36.4 Å². The van der Waals surface area contributed by atoms with Crippen LogP contribution in [0.2, 0.25) is 0 Å². The van der Waals surface area contributed by atoms with Crippen LogP contribution in [-0.4, -0.2) is 17.3 Å². The second-order valence-electron chi connectivity index (χ2n) is 5.56. The Morgan fingerprint density at radius 2 is 1.67 bits per heavy atom. The van der Waals surface area contributed by atoms with Gasteiger partial charge >= 0.3 is 0 Å². The lowest BCUT2D eigenvalue weighted by atomic mass is 9.73. The van der Waals surface area contributed by atoms with Gasteiger partial charge in [-0.2, -0.15) is 0 Å². The van der Waals surface area contributed by atoms with Crippen LogP contribution in [0.15, 0.2) is 42.0 Å². The van der Waals surface area contributed by atoms with Crippen LogP contribution in [0.5, 0.6) is 0 Å². The average molecular weight is 284 g/mol. The Bertz CT molecular complexity index is 570. The molecule has 0 aliphatic heterocycles. The lowest BCUT2D eigenvalue weighted by Gasteiger charge is -2.27. The van der Waals surface area contributed by atoms with E-state index in [1.807, 2.05) is 36.4 Å². The minimum Gasteiger partial charge on any atom is -0.299 e. The van der Waals surface area contributed by atoms with E-state index in [1.54, 1.807) is 0 Å². The molecule has 1 aliphatic carbocycles. The van der Waals surface area contributed by atoms with Crippen molar-refractivity contribution in [2.45, 2.75) is 39.0 Å². The summed E-state index contributed by atoms with van der Waals surface area (Å²) < 4.78 is 0.